The number of hydrogen-bond acceptors (Lipinski definition) is 3. The van der Waals surface area contributed by atoms with E-state index >= 15 is 0 Å². The smallest absolute Gasteiger partial charge is 0.264 e. The number of Topliss-reactive ketones (excluding diaryl/α,β-unsaturated/α-hetero) is 1. The van der Waals surface area contributed by atoms with Crippen LogP contribution in [-0.2, 0) is 12.1 Å². The van der Waals surface area contributed by atoms with E-state index in [1.54, 1.807) is 4.57 Å². The van der Waals surface area contributed by atoms with Gasteiger partial charge in [0.25, 0.3) is 5.91 Å². The lowest BCUT2D eigenvalue weighted by Gasteiger charge is -2.36. The molecule has 32 heavy (non-hydrogen) atoms. The van der Waals surface area contributed by atoms with Crippen molar-refractivity contribution in [3.05, 3.63) is 120 Å². The number of ketones is 1. The molecule has 0 amide bonds. The first-order valence-corrected chi connectivity index (χ1v) is 10.7. The molecule has 6 rings (SSSR count). The fourth-order valence-corrected chi connectivity index (χ4v) is 4.91. The molecule has 0 saturated carbocycles. The van der Waals surface area contributed by atoms with Crippen molar-refractivity contribution in [3.8, 4) is 0 Å². The molecule has 0 saturated heterocycles. The minimum atomic E-state index is -1.51. The van der Waals surface area contributed by atoms with E-state index in [1.807, 2.05) is 103 Å². The van der Waals surface area contributed by atoms with Crippen molar-refractivity contribution in [1.29, 1.82) is 0 Å². The van der Waals surface area contributed by atoms with Gasteiger partial charge in [-0.25, -0.2) is 0 Å². The minimum absolute atomic E-state index is 0.217. The quantitative estimate of drug-likeness (QED) is 0.404. The Bertz CT molecular complexity index is 1500. The van der Waals surface area contributed by atoms with Crippen LogP contribution >= 0.6 is 0 Å². The molecular weight excluding hydrogens is 396 g/mol. The number of rotatable bonds is 4. The van der Waals surface area contributed by atoms with E-state index in [4.69, 9.17) is 0 Å². The molecule has 1 aliphatic heterocycles. The van der Waals surface area contributed by atoms with Crippen molar-refractivity contribution in [1.82, 2.24) is 9.88 Å². The standard InChI is InChI=1S/C28H20N2O2/c31-26-23-16-9-15-22-21-14-7-8-17-24(21)30(25(22)23)27(32)28(26,20-12-5-2-6-13-20)29-18-19-10-3-1-4-11-19/h1-17,29H,18H2. The predicted octanol–water partition coefficient (Wildman–Crippen LogP) is 5.32. The first kappa shape index (κ1) is 18.7. The number of nitrogens with one attached hydrogen (secondary N) is 1. The number of para-hydroxylation sites is 2. The second kappa shape index (κ2) is 7.01. The average Bonchev–Trinajstić information content (AvgIpc) is 3.19. The summed E-state index contributed by atoms with van der Waals surface area (Å²) in [6.07, 6.45) is 0. The maximum Gasteiger partial charge on any atom is 0.264 e. The highest BCUT2D eigenvalue weighted by molar-refractivity contribution is 6.31. The minimum Gasteiger partial charge on any atom is -0.291 e. The first-order valence-electron chi connectivity index (χ1n) is 10.7. The van der Waals surface area contributed by atoms with Crippen LogP contribution in [0.3, 0.4) is 0 Å². The number of nitrogens with zero attached hydrogens (tertiary/aromatic N) is 1. The maximum atomic E-state index is 14.3. The zero-order valence-electron chi connectivity index (χ0n) is 17.3. The van der Waals surface area contributed by atoms with Crippen LogP contribution in [0, 0.1) is 0 Å². The van der Waals surface area contributed by atoms with Crippen molar-refractivity contribution < 1.29 is 9.59 Å². The molecule has 4 heteroatoms. The Labute approximate surface area is 185 Å². The van der Waals surface area contributed by atoms with Crippen LogP contribution in [0.5, 0.6) is 0 Å². The number of fused-ring (bicyclic) bond motifs is 3. The van der Waals surface area contributed by atoms with E-state index in [-0.39, 0.29) is 11.7 Å². The Hall–Kier alpha value is -4.02. The molecule has 5 aromatic rings. The van der Waals surface area contributed by atoms with Crippen molar-refractivity contribution in [2.24, 2.45) is 0 Å². The van der Waals surface area contributed by atoms with Crippen LogP contribution in [0.15, 0.2) is 103 Å². The highest BCUT2D eigenvalue weighted by Crippen LogP contribution is 2.41. The Kier molecular flexibility index (Phi) is 4.10. The third-order valence-electron chi connectivity index (χ3n) is 6.41. The number of benzene rings is 4. The van der Waals surface area contributed by atoms with Gasteiger partial charge in [0.05, 0.1) is 11.0 Å². The fourth-order valence-electron chi connectivity index (χ4n) is 4.91. The summed E-state index contributed by atoms with van der Waals surface area (Å²) in [6, 6.07) is 32.7. The fraction of sp³-hybridized carbons (Fsp3) is 0.0714. The molecule has 1 N–H and O–H groups in total. The summed E-state index contributed by atoms with van der Waals surface area (Å²) < 4.78 is 1.73. The molecule has 2 heterocycles. The van der Waals surface area contributed by atoms with Crippen LogP contribution in [-0.4, -0.2) is 16.3 Å². The number of aromatic nitrogens is 1. The summed E-state index contributed by atoms with van der Waals surface area (Å²) in [5, 5.41) is 5.28. The van der Waals surface area contributed by atoms with Gasteiger partial charge in [0, 0.05) is 22.9 Å². The molecule has 0 spiro atoms. The lowest BCUT2D eigenvalue weighted by molar-refractivity contribution is 0.0656. The molecule has 1 unspecified atom stereocenters. The van der Waals surface area contributed by atoms with Crippen LogP contribution < -0.4 is 5.32 Å². The molecule has 4 nitrogen and oxygen atoms in total. The molecule has 4 aromatic carbocycles. The second-order valence-electron chi connectivity index (χ2n) is 8.14. The van der Waals surface area contributed by atoms with Crippen LogP contribution in [0.25, 0.3) is 21.8 Å². The number of hydrogen-bond donors (Lipinski definition) is 1. The second-order valence-corrected chi connectivity index (χ2v) is 8.14. The molecular formula is C28H20N2O2. The van der Waals surface area contributed by atoms with Gasteiger partial charge < -0.3 is 0 Å². The Morgan fingerprint density at radius 2 is 1.34 bits per heavy atom. The zero-order chi connectivity index (χ0) is 21.7. The van der Waals surface area contributed by atoms with Crippen LogP contribution in [0.4, 0.5) is 0 Å². The highest BCUT2D eigenvalue weighted by atomic mass is 16.2. The molecule has 154 valence electrons. The van der Waals surface area contributed by atoms with Crippen molar-refractivity contribution >= 4 is 33.5 Å². The van der Waals surface area contributed by atoms with Crippen LogP contribution in [0.2, 0.25) is 0 Å². The number of carbonyl (C=O) groups excluding carboxylic acids is 2. The molecule has 1 atom stereocenters. The maximum absolute atomic E-state index is 14.3. The van der Waals surface area contributed by atoms with Gasteiger partial charge >= 0.3 is 0 Å². The summed E-state index contributed by atoms with van der Waals surface area (Å²) in [5.41, 5.74) is 2.20. The topological polar surface area (TPSA) is 51.1 Å². The van der Waals surface area contributed by atoms with Gasteiger partial charge in [-0.05, 0) is 23.3 Å². The average molecular weight is 416 g/mol. The van der Waals surface area contributed by atoms with E-state index in [0.717, 1.165) is 21.9 Å². The first-order chi connectivity index (χ1) is 15.7. The van der Waals surface area contributed by atoms with Crippen molar-refractivity contribution in [2.45, 2.75) is 12.1 Å². The monoisotopic (exact) mass is 416 g/mol. The normalized spacial score (nSPS) is 17.9. The summed E-state index contributed by atoms with van der Waals surface area (Å²) >= 11 is 0. The van der Waals surface area contributed by atoms with E-state index in [2.05, 4.69) is 5.32 Å². The summed E-state index contributed by atoms with van der Waals surface area (Å²) in [5.74, 6) is -0.486. The predicted molar refractivity (Wildman–Crippen MR) is 126 cm³/mol. The molecule has 1 aromatic heterocycles. The lowest BCUT2D eigenvalue weighted by atomic mass is 9.78. The molecule has 0 radical (unpaired) electrons. The van der Waals surface area contributed by atoms with Gasteiger partial charge in [0.1, 0.15) is 0 Å². The van der Waals surface area contributed by atoms with Crippen molar-refractivity contribution in [2.75, 3.05) is 0 Å². The lowest BCUT2D eigenvalue weighted by Crippen LogP contribution is -2.58. The Morgan fingerprint density at radius 1 is 0.688 bits per heavy atom. The summed E-state index contributed by atoms with van der Waals surface area (Å²) in [6.45, 7) is 0.387. The summed E-state index contributed by atoms with van der Waals surface area (Å²) in [7, 11) is 0. The SMILES string of the molecule is O=C1c2cccc3c4ccccc4n(c23)C(=O)C1(NCc1ccccc1)c1ccccc1. The van der Waals surface area contributed by atoms with Gasteiger partial charge in [0.2, 0.25) is 0 Å². The van der Waals surface area contributed by atoms with Gasteiger partial charge in [-0.3, -0.25) is 19.5 Å². The summed E-state index contributed by atoms with van der Waals surface area (Å²) in [4.78, 5) is 28.4. The Balaban J connectivity index is 1.64. The molecule has 0 bridgehead atoms. The molecule has 0 fully saturated rings. The van der Waals surface area contributed by atoms with Gasteiger partial charge in [-0.2, -0.15) is 0 Å². The highest BCUT2D eigenvalue weighted by Gasteiger charge is 2.52. The third-order valence-corrected chi connectivity index (χ3v) is 6.41. The largest absolute Gasteiger partial charge is 0.291 e. The van der Waals surface area contributed by atoms with Gasteiger partial charge in [0.15, 0.2) is 11.3 Å². The van der Waals surface area contributed by atoms with Gasteiger partial charge in [-0.15, -0.1) is 0 Å². The zero-order valence-corrected chi connectivity index (χ0v) is 17.3. The van der Waals surface area contributed by atoms with E-state index in [0.29, 0.717) is 23.2 Å². The molecule has 0 aliphatic carbocycles. The number of carbonyl (C=O) groups is 2. The Morgan fingerprint density at radius 3 is 2.12 bits per heavy atom. The van der Waals surface area contributed by atoms with E-state index < -0.39 is 5.54 Å². The third kappa shape index (κ3) is 2.47. The van der Waals surface area contributed by atoms with Crippen molar-refractivity contribution in [3.63, 3.8) is 0 Å². The van der Waals surface area contributed by atoms with E-state index in [9.17, 15) is 9.59 Å². The van der Waals surface area contributed by atoms with E-state index in [1.165, 1.54) is 0 Å². The van der Waals surface area contributed by atoms with Crippen LogP contribution in [0.1, 0.15) is 26.3 Å². The molecule has 1 aliphatic rings. The van der Waals surface area contributed by atoms with Gasteiger partial charge in [-0.1, -0.05) is 91.0 Å².